The maximum atomic E-state index is 16.8. The van der Waals surface area contributed by atoms with Crippen molar-refractivity contribution in [2.45, 2.75) is 161 Å². The highest BCUT2D eigenvalue weighted by Crippen LogP contribution is 2.40. The molecule has 59 heavy (non-hydrogen) atoms. The summed E-state index contributed by atoms with van der Waals surface area (Å²) in [4.78, 5) is 55.2. The number of fused-ring (bicyclic) bond motifs is 1. The van der Waals surface area contributed by atoms with Crippen molar-refractivity contribution in [3.63, 3.8) is 0 Å². The largest absolute Gasteiger partial charge is 0.455 e. The molecule has 13 atom stereocenters. The Morgan fingerprint density at radius 3 is 2.41 bits per heavy atom. The zero-order valence-electron chi connectivity index (χ0n) is 36.6. The summed E-state index contributed by atoms with van der Waals surface area (Å²) in [6, 6.07) is 5.72. The van der Waals surface area contributed by atoms with Crippen LogP contribution in [-0.4, -0.2) is 122 Å². The Hall–Kier alpha value is -3.74. The number of halogens is 1. The SMILES string of the molecule is CCC1OC(=O)C(C)(F)C(=O)C(C)C(OOC(C)C(C)C(N)C(C)O)C(C)(OC)CC(C)CNC(C)C2N(CCCCn3cc(-c4cccc(N)c4)nn3)C(=O)OC12C. The summed E-state index contributed by atoms with van der Waals surface area (Å²) in [7, 11) is 1.47. The number of Topliss-reactive ketones (excluding diaryl/α,β-unsaturated/α-hetero) is 1. The normalized spacial score (nSPS) is 33.3. The zero-order valence-corrected chi connectivity index (χ0v) is 36.6. The van der Waals surface area contributed by atoms with E-state index in [0.717, 1.165) is 12.5 Å². The van der Waals surface area contributed by atoms with Crippen LogP contribution in [0.4, 0.5) is 14.9 Å². The smallest absolute Gasteiger partial charge is 0.410 e. The number of alkyl halides is 1. The molecule has 1 amide bonds. The number of aromatic nitrogens is 3. The number of carbonyl (C=O) groups excluding carboxylic acids is 3. The molecule has 2 aliphatic rings. The van der Waals surface area contributed by atoms with E-state index in [2.05, 4.69) is 15.6 Å². The van der Waals surface area contributed by atoms with Crippen molar-refractivity contribution >= 4 is 23.5 Å². The van der Waals surface area contributed by atoms with Gasteiger partial charge < -0.3 is 36.1 Å². The van der Waals surface area contributed by atoms with Crippen LogP contribution in [0.5, 0.6) is 0 Å². The molecule has 2 fully saturated rings. The molecule has 0 saturated carbocycles. The van der Waals surface area contributed by atoms with Crippen molar-refractivity contribution in [2.75, 3.05) is 25.9 Å². The molecule has 2 aromatic rings. The number of hydrogen-bond acceptors (Lipinski definition) is 14. The molecule has 1 aromatic carbocycles. The number of ketones is 1. The lowest BCUT2D eigenvalue weighted by Crippen LogP contribution is -2.61. The average Bonchev–Trinajstić information content (AvgIpc) is 3.77. The molecule has 4 rings (SSSR count). The van der Waals surface area contributed by atoms with Gasteiger partial charge in [-0.25, -0.2) is 23.8 Å². The van der Waals surface area contributed by atoms with Crippen LogP contribution in [0.25, 0.3) is 11.3 Å². The average molecular weight is 834 g/mol. The monoisotopic (exact) mass is 834 g/mol. The van der Waals surface area contributed by atoms with Crippen LogP contribution in [-0.2, 0) is 40.1 Å². The number of cyclic esters (lactones) is 1. The number of carbonyl (C=O) groups is 3. The Kier molecular flexibility index (Phi) is 16.1. The number of hydrogen-bond donors (Lipinski definition) is 4. The van der Waals surface area contributed by atoms with Crippen LogP contribution >= 0.6 is 0 Å². The fourth-order valence-corrected chi connectivity index (χ4v) is 8.57. The van der Waals surface area contributed by atoms with Gasteiger partial charge in [0.15, 0.2) is 11.4 Å². The predicted octanol–water partition coefficient (Wildman–Crippen LogP) is 4.61. The lowest BCUT2D eigenvalue weighted by atomic mass is 9.78. The number of nitrogens with zero attached hydrogens (tertiary/aromatic N) is 4. The summed E-state index contributed by atoms with van der Waals surface area (Å²) >= 11 is 0. The maximum absolute atomic E-state index is 16.8. The molecule has 13 unspecified atom stereocenters. The number of esters is 1. The van der Waals surface area contributed by atoms with E-state index < -0.39 is 83.2 Å². The van der Waals surface area contributed by atoms with Crippen LogP contribution in [0.15, 0.2) is 30.5 Å². The number of aliphatic hydroxyl groups excluding tert-OH is 1. The second kappa shape index (κ2) is 19.8. The number of rotatable bonds is 14. The van der Waals surface area contributed by atoms with E-state index in [1.165, 1.54) is 14.0 Å². The van der Waals surface area contributed by atoms with Gasteiger partial charge in [0.25, 0.3) is 5.67 Å². The second-order valence-electron chi connectivity index (χ2n) is 17.4. The van der Waals surface area contributed by atoms with Crippen molar-refractivity contribution in [1.29, 1.82) is 0 Å². The third-order valence-corrected chi connectivity index (χ3v) is 12.5. The van der Waals surface area contributed by atoms with Gasteiger partial charge in [0.1, 0.15) is 17.9 Å². The van der Waals surface area contributed by atoms with E-state index in [-0.39, 0.29) is 18.3 Å². The molecule has 2 aliphatic heterocycles. The van der Waals surface area contributed by atoms with Gasteiger partial charge in [0.05, 0.1) is 36.0 Å². The molecular weight excluding hydrogens is 765 g/mol. The number of aryl methyl sites for hydroxylation is 1. The van der Waals surface area contributed by atoms with Gasteiger partial charge in [0.2, 0.25) is 0 Å². The van der Waals surface area contributed by atoms with E-state index in [1.807, 2.05) is 38.2 Å². The number of methoxy groups -OCH3 is 1. The van der Waals surface area contributed by atoms with Gasteiger partial charge in [-0.05, 0) is 91.8 Å². The third-order valence-electron chi connectivity index (χ3n) is 12.5. The summed E-state index contributed by atoms with van der Waals surface area (Å²) in [6.45, 7) is 17.9. The Bertz CT molecular complexity index is 1730. The number of benzene rings is 1. The van der Waals surface area contributed by atoms with Crippen molar-refractivity contribution in [3.05, 3.63) is 30.5 Å². The molecule has 0 aliphatic carbocycles. The molecule has 0 bridgehead atoms. The van der Waals surface area contributed by atoms with Gasteiger partial charge in [-0.1, -0.05) is 45.0 Å². The highest BCUT2D eigenvalue weighted by Gasteiger charge is 2.60. The van der Waals surface area contributed by atoms with Crippen LogP contribution < -0.4 is 16.8 Å². The van der Waals surface area contributed by atoms with Crippen molar-refractivity contribution in [2.24, 2.45) is 23.5 Å². The first-order chi connectivity index (χ1) is 27.6. The Morgan fingerprint density at radius 2 is 1.78 bits per heavy atom. The third kappa shape index (κ3) is 10.8. The van der Waals surface area contributed by atoms with Crippen LogP contribution in [0.1, 0.15) is 94.9 Å². The molecule has 3 heterocycles. The molecule has 16 nitrogen and oxygen atoms in total. The molecule has 17 heteroatoms. The number of nitrogens with one attached hydrogen (secondary N) is 1. The lowest BCUT2D eigenvalue weighted by Gasteiger charge is -2.41. The summed E-state index contributed by atoms with van der Waals surface area (Å²) in [5, 5.41) is 22.2. The van der Waals surface area contributed by atoms with E-state index in [0.29, 0.717) is 50.3 Å². The number of nitrogens with two attached hydrogens (primary N) is 2. The fourth-order valence-electron chi connectivity index (χ4n) is 8.57. The standard InChI is InChI=1S/C42H68FN7O9/c1-12-33-42(10)35(50(39(54)57-42)19-14-13-18-49-23-32(47-48-49)30-16-15-17-31(44)20-30)27(5)46-22-24(2)21-40(8,55-11)37(26(4)36(52)41(9,43)38(53)56-33)59-58-29(7)25(3)34(45)28(6)51/h15-17,20,23-29,33-35,37,46,51H,12-14,18-19,21-22,44-45H2,1-11H3. The molecule has 6 N–H and O–H groups in total. The Balaban J connectivity index is 1.59. The molecule has 1 aromatic heterocycles. The molecule has 0 radical (unpaired) electrons. The van der Waals surface area contributed by atoms with Crippen molar-refractivity contribution in [1.82, 2.24) is 25.2 Å². The van der Waals surface area contributed by atoms with Crippen molar-refractivity contribution in [3.8, 4) is 11.3 Å². The predicted molar refractivity (Wildman–Crippen MR) is 219 cm³/mol. The topological polar surface area (TPSA) is 216 Å². The van der Waals surface area contributed by atoms with Crippen LogP contribution in [0, 0.1) is 17.8 Å². The van der Waals surface area contributed by atoms with E-state index >= 15 is 4.39 Å². The fraction of sp³-hybridized carbons (Fsp3) is 0.738. The van der Waals surface area contributed by atoms with Gasteiger partial charge >= 0.3 is 12.1 Å². The van der Waals surface area contributed by atoms with Gasteiger partial charge in [-0.2, -0.15) is 0 Å². The molecule has 332 valence electrons. The Labute approximate surface area is 348 Å². The number of ether oxygens (including phenoxy) is 3. The van der Waals surface area contributed by atoms with Gasteiger partial charge in [-0.15, -0.1) is 5.10 Å². The highest BCUT2D eigenvalue weighted by molar-refractivity contribution is 6.07. The number of nitrogen functional groups attached to an aromatic ring is 1. The summed E-state index contributed by atoms with van der Waals surface area (Å²) in [6.07, 6.45) is -0.783. The summed E-state index contributed by atoms with van der Waals surface area (Å²) < 4.78 is 36.6. The van der Waals surface area contributed by atoms with Crippen LogP contribution in [0.2, 0.25) is 0 Å². The van der Waals surface area contributed by atoms with E-state index in [1.54, 1.807) is 57.2 Å². The van der Waals surface area contributed by atoms with Gasteiger partial charge in [-0.3, -0.25) is 14.4 Å². The number of unbranched alkanes of at least 4 members (excludes halogenated alkanes) is 1. The second-order valence-corrected chi connectivity index (χ2v) is 17.4. The first-order valence-corrected chi connectivity index (χ1v) is 20.8. The first kappa shape index (κ1) is 47.9. The molecular formula is C42H68FN7O9. The number of aliphatic hydroxyl groups is 1. The lowest BCUT2D eigenvalue weighted by molar-refractivity contribution is -0.385. The number of anilines is 1. The minimum absolute atomic E-state index is 0.116. The minimum atomic E-state index is -3.13. The van der Waals surface area contributed by atoms with Crippen molar-refractivity contribution < 1.29 is 47.9 Å². The summed E-state index contributed by atoms with van der Waals surface area (Å²) in [5.74, 6) is -4.26. The molecule has 0 spiro atoms. The quantitative estimate of drug-likeness (QED) is 0.0511. The minimum Gasteiger partial charge on any atom is -0.455 e. The first-order valence-electron chi connectivity index (χ1n) is 20.8. The maximum Gasteiger partial charge on any atom is 0.410 e. The summed E-state index contributed by atoms with van der Waals surface area (Å²) in [5.41, 5.74) is 8.53. The zero-order chi connectivity index (χ0) is 44.0. The van der Waals surface area contributed by atoms with Crippen LogP contribution in [0.3, 0.4) is 0 Å². The molecule has 2 saturated heterocycles. The van der Waals surface area contributed by atoms with Gasteiger partial charge in [0, 0.05) is 49.5 Å². The van der Waals surface area contributed by atoms with E-state index in [4.69, 9.17) is 35.5 Å². The number of amides is 1. The highest BCUT2D eigenvalue weighted by atomic mass is 19.1. The Morgan fingerprint density at radius 1 is 1.10 bits per heavy atom. The van der Waals surface area contributed by atoms with E-state index in [9.17, 15) is 19.5 Å².